The predicted octanol–water partition coefficient (Wildman–Crippen LogP) is 2.09. The minimum absolute atomic E-state index is 0.684. The molecule has 0 aromatic heterocycles. The highest BCUT2D eigenvalue weighted by molar-refractivity contribution is 4.67. The van der Waals surface area contributed by atoms with Gasteiger partial charge in [0, 0.05) is 6.04 Å². The molecule has 2 N–H and O–H groups in total. The van der Waals surface area contributed by atoms with Crippen LogP contribution in [0.1, 0.15) is 40.0 Å². The number of hydrogen-bond acceptors (Lipinski definition) is 2. The van der Waals surface area contributed by atoms with Crippen molar-refractivity contribution in [2.75, 3.05) is 20.1 Å². The Morgan fingerprint density at radius 1 is 1.23 bits per heavy atom. The summed E-state index contributed by atoms with van der Waals surface area (Å²) in [5, 5.41) is 0. The van der Waals surface area contributed by atoms with Crippen LogP contribution in [-0.2, 0) is 0 Å². The largest absolute Gasteiger partial charge is 0.330 e. The highest BCUT2D eigenvalue weighted by Gasteiger charge is 2.11. The molecule has 1 atom stereocenters. The molecule has 0 aromatic carbocycles. The van der Waals surface area contributed by atoms with Crippen molar-refractivity contribution in [1.29, 1.82) is 0 Å². The van der Waals surface area contributed by atoms with Crippen LogP contribution in [0.25, 0.3) is 0 Å². The molecule has 0 heterocycles. The molecule has 0 aromatic rings. The first kappa shape index (κ1) is 12.9. The van der Waals surface area contributed by atoms with Gasteiger partial charge in [-0.15, -0.1) is 0 Å². The number of nitrogens with two attached hydrogens (primary N) is 1. The SMILES string of the molecule is CCC(CCN)N(C)CCC(C)C. The van der Waals surface area contributed by atoms with Crippen LogP contribution in [0.5, 0.6) is 0 Å². The molecule has 13 heavy (non-hydrogen) atoms. The van der Waals surface area contributed by atoms with Crippen LogP contribution in [0.15, 0.2) is 0 Å². The molecule has 0 fully saturated rings. The van der Waals surface area contributed by atoms with Gasteiger partial charge >= 0.3 is 0 Å². The quantitative estimate of drug-likeness (QED) is 0.659. The lowest BCUT2D eigenvalue weighted by molar-refractivity contribution is 0.215. The molecule has 0 aliphatic rings. The smallest absolute Gasteiger partial charge is 0.0102 e. The Balaban J connectivity index is 3.69. The monoisotopic (exact) mass is 186 g/mol. The Morgan fingerprint density at radius 3 is 2.23 bits per heavy atom. The van der Waals surface area contributed by atoms with Crippen molar-refractivity contribution >= 4 is 0 Å². The zero-order valence-electron chi connectivity index (χ0n) is 9.71. The molecule has 0 saturated carbocycles. The first-order valence-electron chi connectivity index (χ1n) is 5.52. The zero-order chi connectivity index (χ0) is 10.3. The number of rotatable bonds is 7. The van der Waals surface area contributed by atoms with Crippen LogP contribution in [0.3, 0.4) is 0 Å². The predicted molar refractivity (Wildman–Crippen MR) is 59.8 cm³/mol. The lowest BCUT2D eigenvalue weighted by Gasteiger charge is -2.27. The van der Waals surface area contributed by atoms with Crippen molar-refractivity contribution in [2.24, 2.45) is 11.7 Å². The summed E-state index contributed by atoms with van der Waals surface area (Å²) >= 11 is 0. The molecular weight excluding hydrogens is 160 g/mol. The van der Waals surface area contributed by atoms with Gasteiger partial charge in [-0.05, 0) is 45.3 Å². The first-order chi connectivity index (χ1) is 6.11. The van der Waals surface area contributed by atoms with Gasteiger partial charge in [0.2, 0.25) is 0 Å². The molecule has 0 rings (SSSR count). The van der Waals surface area contributed by atoms with Gasteiger partial charge in [0.15, 0.2) is 0 Å². The van der Waals surface area contributed by atoms with Gasteiger partial charge in [-0.25, -0.2) is 0 Å². The Morgan fingerprint density at radius 2 is 1.85 bits per heavy atom. The highest BCUT2D eigenvalue weighted by Crippen LogP contribution is 2.08. The van der Waals surface area contributed by atoms with E-state index in [0.717, 1.165) is 18.9 Å². The van der Waals surface area contributed by atoms with Gasteiger partial charge in [0.05, 0.1) is 0 Å². The average Bonchev–Trinajstić information content (AvgIpc) is 2.10. The Bertz CT molecular complexity index is 113. The maximum Gasteiger partial charge on any atom is 0.0102 e. The summed E-state index contributed by atoms with van der Waals surface area (Å²) in [6, 6.07) is 0.684. The fourth-order valence-corrected chi connectivity index (χ4v) is 1.57. The summed E-state index contributed by atoms with van der Waals surface area (Å²) in [4.78, 5) is 2.45. The van der Waals surface area contributed by atoms with E-state index in [1.165, 1.54) is 19.4 Å². The van der Waals surface area contributed by atoms with E-state index in [-0.39, 0.29) is 0 Å². The Labute approximate surface area is 83.5 Å². The van der Waals surface area contributed by atoms with E-state index in [4.69, 9.17) is 5.73 Å². The topological polar surface area (TPSA) is 29.3 Å². The van der Waals surface area contributed by atoms with Gasteiger partial charge in [-0.2, -0.15) is 0 Å². The molecule has 0 radical (unpaired) electrons. The molecule has 2 heteroatoms. The molecule has 1 unspecified atom stereocenters. The lowest BCUT2D eigenvalue weighted by Crippen LogP contribution is -2.34. The molecule has 0 amide bonds. The third kappa shape index (κ3) is 6.05. The highest BCUT2D eigenvalue weighted by atomic mass is 15.1. The molecule has 0 saturated heterocycles. The van der Waals surface area contributed by atoms with E-state index in [1.54, 1.807) is 0 Å². The van der Waals surface area contributed by atoms with E-state index in [1.807, 2.05) is 0 Å². The minimum atomic E-state index is 0.684. The van der Waals surface area contributed by atoms with Gasteiger partial charge in [0.25, 0.3) is 0 Å². The maximum absolute atomic E-state index is 5.57. The summed E-state index contributed by atoms with van der Waals surface area (Å²) < 4.78 is 0. The normalized spacial score (nSPS) is 14.1. The van der Waals surface area contributed by atoms with Gasteiger partial charge in [-0.1, -0.05) is 20.8 Å². The van der Waals surface area contributed by atoms with E-state index in [9.17, 15) is 0 Å². The third-order valence-corrected chi connectivity index (χ3v) is 2.65. The van der Waals surface area contributed by atoms with Crippen LogP contribution in [0.4, 0.5) is 0 Å². The van der Waals surface area contributed by atoms with Crippen molar-refractivity contribution in [3.63, 3.8) is 0 Å². The Hall–Kier alpha value is -0.0800. The fourth-order valence-electron chi connectivity index (χ4n) is 1.57. The Kier molecular flexibility index (Phi) is 7.29. The maximum atomic E-state index is 5.57. The second-order valence-electron chi connectivity index (χ2n) is 4.30. The summed E-state index contributed by atoms with van der Waals surface area (Å²) in [6.45, 7) is 8.81. The second-order valence-corrected chi connectivity index (χ2v) is 4.30. The summed E-state index contributed by atoms with van der Waals surface area (Å²) in [5.41, 5.74) is 5.57. The van der Waals surface area contributed by atoms with E-state index < -0.39 is 0 Å². The van der Waals surface area contributed by atoms with Gasteiger partial charge in [-0.3, -0.25) is 0 Å². The summed E-state index contributed by atoms with van der Waals surface area (Å²) in [6.07, 6.45) is 3.63. The summed E-state index contributed by atoms with van der Waals surface area (Å²) in [7, 11) is 2.21. The van der Waals surface area contributed by atoms with Crippen molar-refractivity contribution in [3.05, 3.63) is 0 Å². The van der Waals surface area contributed by atoms with Gasteiger partial charge in [0.1, 0.15) is 0 Å². The molecule has 0 aliphatic carbocycles. The minimum Gasteiger partial charge on any atom is -0.330 e. The molecular formula is C11H26N2. The van der Waals surface area contributed by atoms with E-state index in [2.05, 4.69) is 32.7 Å². The lowest BCUT2D eigenvalue weighted by atomic mass is 10.1. The van der Waals surface area contributed by atoms with Crippen molar-refractivity contribution < 1.29 is 0 Å². The fraction of sp³-hybridized carbons (Fsp3) is 1.00. The zero-order valence-corrected chi connectivity index (χ0v) is 9.71. The molecule has 2 nitrogen and oxygen atoms in total. The average molecular weight is 186 g/mol. The van der Waals surface area contributed by atoms with Crippen molar-refractivity contribution in [2.45, 2.75) is 46.1 Å². The van der Waals surface area contributed by atoms with Crippen LogP contribution >= 0.6 is 0 Å². The van der Waals surface area contributed by atoms with Crippen molar-refractivity contribution in [1.82, 2.24) is 4.90 Å². The first-order valence-corrected chi connectivity index (χ1v) is 5.52. The summed E-state index contributed by atoms with van der Waals surface area (Å²) in [5.74, 6) is 0.804. The molecule has 0 bridgehead atoms. The standard InChI is InChI=1S/C11H26N2/c1-5-11(6-8-12)13(4)9-7-10(2)3/h10-11H,5-9,12H2,1-4H3. The van der Waals surface area contributed by atoms with Crippen LogP contribution in [0.2, 0.25) is 0 Å². The van der Waals surface area contributed by atoms with Gasteiger partial charge < -0.3 is 10.6 Å². The third-order valence-electron chi connectivity index (χ3n) is 2.65. The molecule has 80 valence electrons. The molecule has 0 spiro atoms. The van der Waals surface area contributed by atoms with Crippen molar-refractivity contribution in [3.8, 4) is 0 Å². The second kappa shape index (κ2) is 7.34. The van der Waals surface area contributed by atoms with E-state index in [0.29, 0.717) is 6.04 Å². The van der Waals surface area contributed by atoms with Crippen LogP contribution < -0.4 is 5.73 Å². The molecule has 0 aliphatic heterocycles. The van der Waals surface area contributed by atoms with Crippen LogP contribution in [-0.4, -0.2) is 31.1 Å². The number of nitrogens with zero attached hydrogens (tertiary/aromatic N) is 1. The van der Waals surface area contributed by atoms with Crippen LogP contribution in [0, 0.1) is 5.92 Å². The van der Waals surface area contributed by atoms with E-state index >= 15 is 0 Å². The number of hydrogen-bond donors (Lipinski definition) is 1.